The first-order valence-electron chi connectivity index (χ1n) is 10.0. The summed E-state index contributed by atoms with van der Waals surface area (Å²) >= 11 is 0. The van der Waals surface area contributed by atoms with E-state index in [1.54, 1.807) is 19.3 Å². The van der Waals surface area contributed by atoms with Crippen molar-refractivity contribution in [2.45, 2.75) is 44.9 Å². The normalized spacial score (nSPS) is 24.3. The van der Waals surface area contributed by atoms with Crippen molar-refractivity contribution < 1.29 is 22.7 Å². The second kappa shape index (κ2) is 9.17. The fourth-order valence-electron chi connectivity index (χ4n) is 3.94. The highest BCUT2D eigenvalue weighted by atomic mass is 32.2. The van der Waals surface area contributed by atoms with Gasteiger partial charge in [-0.2, -0.15) is 0 Å². The molecule has 8 heteroatoms. The molecule has 7 nitrogen and oxygen atoms in total. The molecule has 0 aromatic heterocycles. The molecule has 2 saturated heterocycles. The first kappa shape index (κ1) is 21.6. The average molecular weight is 423 g/mol. The van der Waals surface area contributed by atoms with E-state index >= 15 is 0 Å². The number of amides is 1. The number of nitrogens with one attached hydrogen (secondary N) is 1. The lowest BCUT2D eigenvalue weighted by Gasteiger charge is -2.28. The molecule has 2 atom stereocenters. The molecule has 160 valence electrons. The van der Waals surface area contributed by atoms with Crippen molar-refractivity contribution in [3.8, 4) is 11.5 Å². The van der Waals surface area contributed by atoms with Crippen LogP contribution in [0.5, 0.6) is 11.5 Å². The van der Waals surface area contributed by atoms with E-state index < -0.39 is 9.84 Å². The Labute approximate surface area is 173 Å². The van der Waals surface area contributed by atoms with E-state index in [1.807, 2.05) is 26.0 Å². The SMILES string of the molecule is COc1cc(/C=C/C(=O)NC2CS(=O)(=O)CC2N2CCCC2)ccc1OC(C)C. The Bertz CT molecular complexity index is 860. The van der Waals surface area contributed by atoms with E-state index in [0.717, 1.165) is 31.5 Å². The van der Waals surface area contributed by atoms with Gasteiger partial charge < -0.3 is 14.8 Å². The lowest BCUT2D eigenvalue weighted by molar-refractivity contribution is -0.117. The summed E-state index contributed by atoms with van der Waals surface area (Å²) in [5, 5.41) is 2.90. The monoisotopic (exact) mass is 422 g/mol. The minimum atomic E-state index is -3.13. The van der Waals surface area contributed by atoms with Crippen molar-refractivity contribution in [2.75, 3.05) is 31.7 Å². The fourth-order valence-corrected chi connectivity index (χ4v) is 5.89. The quantitative estimate of drug-likeness (QED) is 0.676. The van der Waals surface area contributed by atoms with Crippen LogP contribution in [-0.4, -0.2) is 69.1 Å². The summed E-state index contributed by atoms with van der Waals surface area (Å²) in [4.78, 5) is 14.6. The Morgan fingerprint density at radius 1 is 1.21 bits per heavy atom. The van der Waals surface area contributed by atoms with Crippen LogP contribution in [0, 0.1) is 0 Å². The van der Waals surface area contributed by atoms with Gasteiger partial charge in [0.15, 0.2) is 21.3 Å². The molecule has 0 aliphatic carbocycles. The molecule has 3 rings (SSSR count). The van der Waals surface area contributed by atoms with Gasteiger partial charge in [-0.1, -0.05) is 6.07 Å². The first-order chi connectivity index (χ1) is 13.8. The average Bonchev–Trinajstić information content (AvgIpc) is 3.27. The molecule has 1 aromatic rings. The fraction of sp³-hybridized carbons (Fsp3) is 0.571. The Kier molecular flexibility index (Phi) is 6.85. The lowest BCUT2D eigenvalue weighted by atomic mass is 10.1. The molecule has 2 aliphatic heterocycles. The maximum absolute atomic E-state index is 12.4. The van der Waals surface area contributed by atoms with E-state index in [4.69, 9.17) is 9.47 Å². The van der Waals surface area contributed by atoms with Gasteiger partial charge in [0.25, 0.3) is 0 Å². The summed E-state index contributed by atoms with van der Waals surface area (Å²) in [5.74, 6) is 1.07. The zero-order valence-corrected chi connectivity index (χ0v) is 18.1. The van der Waals surface area contributed by atoms with Crippen LogP contribution in [0.3, 0.4) is 0 Å². The maximum Gasteiger partial charge on any atom is 0.244 e. The number of methoxy groups -OCH3 is 1. The molecule has 0 bridgehead atoms. The van der Waals surface area contributed by atoms with Crippen molar-refractivity contribution in [3.05, 3.63) is 29.8 Å². The maximum atomic E-state index is 12.4. The molecule has 1 aromatic carbocycles. The Morgan fingerprint density at radius 3 is 2.59 bits per heavy atom. The van der Waals surface area contributed by atoms with Crippen LogP contribution in [-0.2, 0) is 14.6 Å². The number of carbonyl (C=O) groups is 1. The van der Waals surface area contributed by atoms with Crippen LogP contribution in [0.1, 0.15) is 32.3 Å². The van der Waals surface area contributed by atoms with E-state index in [2.05, 4.69) is 10.2 Å². The first-order valence-corrected chi connectivity index (χ1v) is 11.9. The second-order valence-corrected chi connectivity index (χ2v) is 10.1. The molecule has 2 aliphatic rings. The highest BCUT2D eigenvalue weighted by Crippen LogP contribution is 2.29. The predicted octanol–water partition coefficient (Wildman–Crippen LogP) is 1.87. The summed E-state index contributed by atoms with van der Waals surface area (Å²) in [6, 6.07) is 4.95. The number of likely N-dealkylation sites (tertiary alicyclic amines) is 1. The third-order valence-corrected chi connectivity index (χ3v) is 6.95. The summed E-state index contributed by atoms with van der Waals surface area (Å²) < 4.78 is 35.3. The van der Waals surface area contributed by atoms with Crippen molar-refractivity contribution in [1.29, 1.82) is 0 Å². The number of hydrogen-bond donors (Lipinski definition) is 1. The van der Waals surface area contributed by atoms with Gasteiger partial charge in [0.1, 0.15) is 0 Å². The number of nitrogens with zero attached hydrogens (tertiary/aromatic N) is 1. The molecular formula is C21H30N2O5S. The molecule has 0 saturated carbocycles. The topological polar surface area (TPSA) is 84.9 Å². The van der Waals surface area contributed by atoms with Crippen LogP contribution in [0.25, 0.3) is 6.08 Å². The Balaban J connectivity index is 1.65. The van der Waals surface area contributed by atoms with E-state index in [9.17, 15) is 13.2 Å². The van der Waals surface area contributed by atoms with Crippen molar-refractivity contribution in [3.63, 3.8) is 0 Å². The number of hydrogen-bond acceptors (Lipinski definition) is 6. The minimum Gasteiger partial charge on any atom is -0.493 e. The van der Waals surface area contributed by atoms with Gasteiger partial charge in [0, 0.05) is 12.1 Å². The number of ether oxygens (including phenoxy) is 2. The van der Waals surface area contributed by atoms with Crippen molar-refractivity contribution in [2.24, 2.45) is 0 Å². The van der Waals surface area contributed by atoms with Crippen molar-refractivity contribution in [1.82, 2.24) is 10.2 Å². The highest BCUT2D eigenvalue weighted by Gasteiger charge is 2.42. The molecule has 0 spiro atoms. The molecule has 2 unspecified atom stereocenters. The number of carbonyl (C=O) groups excluding carboxylic acids is 1. The van der Waals surface area contributed by atoms with Crippen LogP contribution < -0.4 is 14.8 Å². The van der Waals surface area contributed by atoms with Crippen LogP contribution >= 0.6 is 0 Å². The summed E-state index contributed by atoms with van der Waals surface area (Å²) in [6.07, 6.45) is 5.31. The standard InChI is InChI=1S/C21H30N2O5S/c1-15(2)28-19-8-6-16(12-20(19)27-3)7-9-21(24)22-17-13-29(25,26)14-18(17)23-10-4-5-11-23/h6-9,12,15,17-18H,4-5,10-11,13-14H2,1-3H3,(H,22,24)/b9-7+. The second-order valence-electron chi connectivity index (χ2n) is 7.91. The van der Waals surface area contributed by atoms with Crippen LogP contribution in [0.2, 0.25) is 0 Å². The summed E-state index contributed by atoms with van der Waals surface area (Å²) in [7, 11) is -1.56. The minimum absolute atomic E-state index is 0.00279. The van der Waals surface area contributed by atoms with Gasteiger partial charge >= 0.3 is 0 Å². The predicted molar refractivity (Wildman–Crippen MR) is 113 cm³/mol. The van der Waals surface area contributed by atoms with Gasteiger partial charge in [-0.3, -0.25) is 9.69 Å². The zero-order chi connectivity index (χ0) is 21.0. The molecule has 0 radical (unpaired) electrons. The molecule has 1 amide bonds. The molecule has 2 heterocycles. The number of rotatable bonds is 7. The van der Waals surface area contributed by atoms with Gasteiger partial charge in [-0.15, -0.1) is 0 Å². The smallest absolute Gasteiger partial charge is 0.244 e. The van der Waals surface area contributed by atoms with Gasteiger partial charge in [-0.05, 0) is 63.6 Å². The number of benzene rings is 1. The zero-order valence-electron chi connectivity index (χ0n) is 17.3. The molecule has 1 N–H and O–H groups in total. The van der Waals surface area contributed by atoms with E-state index in [1.165, 1.54) is 6.08 Å². The summed E-state index contributed by atoms with van der Waals surface area (Å²) in [5.41, 5.74) is 0.795. The third kappa shape index (κ3) is 5.73. The van der Waals surface area contributed by atoms with Gasteiger partial charge in [-0.25, -0.2) is 8.42 Å². The van der Waals surface area contributed by atoms with Crippen LogP contribution in [0.15, 0.2) is 24.3 Å². The molecule has 2 fully saturated rings. The highest BCUT2D eigenvalue weighted by molar-refractivity contribution is 7.91. The van der Waals surface area contributed by atoms with Gasteiger partial charge in [0.05, 0.1) is 30.8 Å². The summed E-state index contributed by atoms with van der Waals surface area (Å²) in [6.45, 7) is 5.67. The largest absolute Gasteiger partial charge is 0.493 e. The van der Waals surface area contributed by atoms with Crippen molar-refractivity contribution >= 4 is 21.8 Å². The molecule has 29 heavy (non-hydrogen) atoms. The Hall–Kier alpha value is -2.06. The van der Waals surface area contributed by atoms with E-state index in [-0.39, 0.29) is 35.6 Å². The molecular weight excluding hydrogens is 392 g/mol. The van der Waals surface area contributed by atoms with Crippen LogP contribution in [0.4, 0.5) is 0 Å². The number of sulfone groups is 1. The van der Waals surface area contributed by atoms with Gasteiger partial charge in [0.2, 0.25) is 5.91 Å². The van der Waals surface area contributed by atoms with E-state index in [0.29, 0.717) is 11.5 Å². The Morgan fingerprint density at radius 2 is 1.93 bits per heavy atom. The lowest BCUT2D eigenvalue weighted by Crippen LogP contribution is -2.49. The third-order valence-electron chi connectivity index (χ3n) is 5.24.